The number of aromatic nitrogens is 2. The maximum atomic E-state index is 13.6. The van der Waals surface area contributed by atoms with Crippen LogP contribution >= 0.6 is 11.3 Å². The molecule has 1 saturated heterocycles. The number of nitrogens with zero attached hydrogens (tertiary/aromatic N) is 3. The van der Waals surface area contributed by atoms with E-state index in [1.807, 2.05) is 29.6 Å². The number of hydrogen-bond acceptors (Lipinski definition) is 6. The molecule has 8 nitrogen and oxygen atoms in total. The molecule has 0 saturated carbocycles. The highest BCUT2D eigenvalue weighted by atomic mass is 32.1. The predicted molar refractivity (Wildman–Crippen MR) is 135 cm³/mol. The summed E-state index contributed by atoms with van der Waals surface area (Å²) in [7, 11) is 1.60. The summed E-state index contributed by atoms with van der Waals surface area (Å²) < 4.78 is 7.05. The molecular formula is C26H30N4O4S. The molecule has 3 heterocycles. The van der Waals surface area contributed by atoms with Crippen LogP contribution in [-0.2, 0) is 13.1 Å². The summed E-state index contributed by atoms with van der Waals surface area (Å²) in [5.41, 5.74) is 0.342. The monoisotopic (exact) mass is 494 g/mol. The van der Waals surface area contributed by atoms with Crippen molar-refractivity contribution in [2.24, 2.45) is 0 Å². The molecule has 2 amide bonds. The molecule has 2 aromatic heterocycles. The van der Waals surface area contributed by atoms with Crippen LogP contribution in [0.1, 0.15) is 63.9 Å². The van der Waals surface area contributed by atoms with Crippen molar-refractivity contribution >= 4 is 23.2 Å². The number of carbonyl (C=O) groups excluding carboxylic acids is 2. The Kier molecular flexibility index (Phi) is 7.97. The Balaban J connectivity index is 1.69. The second-order valence-corrected chi connectivity index (χ2v) is 9.58. The molecule has 4 rings (SSSR count). The van der Waals surface area contributed by atoms with Gasteiger partial charge in [-0.3, -0.25) is 14.4 Å². The van der Waals surface area contributed by atoms with Gasteiger partial charge in [0.05, 0.1) is 13.7 Å². The lowest BCUT2D eigenvalue weighted by atomic mass is 9.98. The number of hydrogen-bond donors (Lipinski definition) is 1. The average molecular weight is 495 g/mol. The molecule has 0 spiro atoms. The van der Waals surface area contributed by atoms with Crippen LogP contribution in [0, 0.1) is 0 Å². The van der Waals surface area contributed by atoms with E-state index in [9.17, 15) is 14.4 Å². The highest BCUT2D eigenvalue weighted by molar-refractivity contribution is 7.09. The predicted octanol–water partition coefficient (Wildman–Crippen LogP) is 3.70. The molecule has 1 N–H and O–H groups in total. The molecule has 3 aromatic rings. The quantitative estimate of drug-likeness (QED) is 0.515. The summed E-state index contributed by atoms with van der Waals surface area (Å²) in [5.74, 6) is -0.124. The molecule has 0 bridgehead atoms. The van der Waals surface area contributed by atoms with Crippen molar-refractivity contribution in [3.8, 4) is 5.75 Å². The summed E-state index contributed by atoms with van der Waals surface area (Å²) in [6, 6.07) is 7.65. The van der Waals surface area contributed by atoms with E-state index in [1.165, 1.54) is 17.5 Å². The summed E-state index contributed by atoms with van der Waals surface area (Å²) in [6.07, 6.45) is 8.49. The Morgan fingerprint density at radius 1 is 1.23 bits per heavy atom. The third kappa shape index (κ3) is 5.79. The number of piperidine rings is 1. The highest BCUT2D eigenvalue weighted by Gasteiger charge is 2.29. The molecule has 1 aliphatic rings. The minimum Gasteiger partial charge on any atom is -0.497 e. The number of thiazole rings is 1. The van der Waals surface area contributed by atoms with E-state index >= 15 is 0 Å². The average Bonchev–Trinajstić information content (AvgIpc) is 3.41. The standard InChI is InChI=1S/C26H30N4O4S/c1-3-19-8-4-5-11-30(19)26(33)22-17-29(15-18-7-6-9-20(13-18)34-2)16-21(24(22)31)25(32)28-14-23-27-10-12-35-23/h6-7,9-10,12-13,16-17,19H,3-5,8,11,14-15H2,1-2H3,(H,28,32). The summed E-state index contributed by atoms with van der Waals surface area (Å²) in [5, 5.41) is 5.33. The fourth-order valence-corrected chi connectivity index (χ4v) is 5.01. The first kappa shape index (κ1) is 24.7. The number of methoxy groups -OCH3 is 1. The van der Waals surface area contributed by atoms with Crippen LogP contribution in [0.4, 0.5) is 0 Å². The molecule has 1 fully saturated rings. The topological polar surface area (TPSA) is 93.5 Å². The number of nitrogens with one attached hydrogen (secondary N) is 1. The zero-order valence-corrected chi connectivity index (χ0v) is 20.8. The van der Waals surface area contributed by atoms with Gasteiger partial charge in [0.2, 0.25) is 5.43 Å². The van der Waals surface area contributed by atoms with Gasteiger partial charge in [0.1, 0.15) is 21.9 Å². The number of likely N-dealkylation sites (tertiary alicyclic amines) is 1. The van der Waals surface area contributed by atoms with Crippen LogP contribution in [0.15, 0.2) is 53.0 Å². The van der Waals surface area contributed by atoms with Gasteiger partial charge in [0.15, 0.2) is 0 Å². The molecule has 0 aliphatic carbocycles. The second kappa shape index (κ2) is 11.3. The zero-order valence-electron chi connectivity index (χ0n) is 20.0. The van der Waals surface area contributed by atoms with Crippen LogP contribution in [-0.4, -0.2) is 46.0 Å². The van der Waals surface area contributed by atoms with Crippen molar-refractivity contribution in [1.29, 1.82) is 0 Å². The zero-order chi connectivity index (χ0) is 24.8. The Morgan fingerprint density at radius 3 is 2.80 bits per heavy atom. The fourth-order valence-electron chi connectivity index (χ4n) is 4.46. The number of amides is 2. The normalized spacial score (nSPS) is 15.6. The SMILES string of the molecule is CCC1CCCCN1C(=O)c1cn(Cc2cccc(OC)c2)cc(C(=O)NCc2nccs2)c1=O. The van der Waals surface area contributed by atoms with E-state index in [-0.39, 0.29) is 29.6 Å². The first-order valence-electron chi connectivity index (χ1n) is 11.8. The molecule has 1 aliphatic heterocycles. The van der Waals surface area contributed by atoms with Gasteiger partial charge >= 0.3 is 0 Å². The summed E-state index contributed by atoms with van der Waals surface area (Å²) >= 11 is 1.42. The van der Waals surface area contributed by atoms with Gasteiger partial charge in [0, 0.05) is 43.1 Å². The lowest BCUT2D eigenvalue weighted by molar-refractivity contribution is 0.0605. The second-order valence-electron chi connectivity index (χ2n) is 8.60. The van der Waals surface area contributed by atoms with E-state index in [0.717, 1.165) is 36.3 Å². The van der Waals surface area contributed by atoms with Crippen molar-refractivity contribution < 1.29 is 14.3 Å². The van der Waals surface area contributed by atoms with Crippen LogP contribution in [0.5, 0.6) is 5.75 Å². The van der Waals surface area contributed by atoms with Crippen molar-refractivity contribution in [1.82, 2.24) is 19.8 Å². The lowest BCUT2D eigenvalue weighted by Crippen LogP contribution is -2.45. The van der Waals surface area contributed by atoms with Crippen LogP contribution in [0.25, 0.3) is 0 Å². The van der Waals surface area contributed by atoms with Crippen molar-refractivity contribution in [3.63, 3.8) is 0 Å². The first-order valence-corrected chi connectivity index (χ1v) is 12.7. The number of rotatable bonds is 8. The maximum absolute atomic E-state index is 13.6. The molecule has 35 heavy (non-hydrogen) atoms. The Hall–Kier alpha value is -3.46. The van der Waals surface area contributed by atoms with Crippen LogP contribution < -0.4 is 15.5 Å². The molecular weight excluding hydrogens is 464 g/mol. The molecule has 184 valence electrons. The van der Waals surface area contributed by atoms with Crippen molar-refractivity contribution in [2.75, 3.05) is 13.7 Å². The number of carbonyl (C=O) groups is 2. The van der Waals surface area contributed by atoms with Crippen molar-refractivity contribution in [3.05, 3.63) is 80.2 Å². The fraction of sp³-hybridized carbons (Fsp3) is 0.385. The molecule has 1 unspecified atom stereocenters. The Labute approximate surface area is 208 Å². The first-order chi connectivity index (χ1) is 17.0. The van der Waals surface area contributed by atoms with Gasteiger partial charge in [0.25, 0.3) is 11.8 Å². The van der Waals surface area contributed by atoms with E-state index in [0.29, 0.717) is 18.8 Å². The largest absolute Gasteiger partial charge is 0.497 e. The van der Waals surface area contributed by atoms with Crippen molar-refractivity contribution in [2.45, 2.75) is 51.7 Å². The number of ether oxygens (including phenoxy) is 1. The highest BCUT2D eigenvalue weighted by Crippen LogP contribution is 2.21. The summed E-state index contributed by atoms with van der Waals surface area (Å²) in [4.78, 5) is 46.0. The van der Waals surface area contributed by atoms with Crippen LogP contribution in [0.2, 0.25) is 0 Å². The molecule has 1 atom stereocenters. The van der Waals surface area contributed by atoms with Gasteiger partial charge in [-0.05, 0) is 43.4 Å². The molecule has 9 heteroatoms. The third-order valence-corrected chi connectivity index (χ3v) is 7.08. The summed E-state index contributed by atoms with van der Waals surface area (Å²) in [6.45, 7) is 3.27. The lowest BCUT2D eigenvalue weighted by Gasteiger charge is -2.35. The smallest absolute Gasteiger partial charge is 0.259 e. The van der Waals surface area contributed by atoms with E-state index < -0.39 is 11.3 Å². The van der Waals surface area contributed by atoms with Gasteiger partial charge in [-0.15, -0.1) is 11.3 Å². The molecule has 1 aromatic carbocycles. The van der Waals surface area contributed by atoms with Crippen LogP contribution in [0.3, 0.4) is 0 Å². The Morgan fingerprint density at radius 2 is 2.06 bits per heavy atom. The van der Waals surface area contributed by atoms with E-state index in [2.05, 4.69) is 17.2 Å². The third-order valence-electron chi connectivity index (χ3n) is 6.30. The number of benzene rings is 1. The van der Waals surface area contributed by atoms with E-state index in [1.54, 1.807) is 29.0 Å². The van der Waals surface area contributed by atoms with Gasteiger partial charge in [-0.2, -0.15) is 0 Å². The van der Waals surface area contributed by atoms with E-state index in [4.69, 9.17) is 4.74 Å². The molecule has 0 radical (unpaired) electrons. The van der Waals surface area contributed by atoms with Gasteiger partial charge in [-0.25, -0.2) is 4.98 Å². The minimum atomic E-state index is -0.547. The van der Waals surface area contributed by atoms with Gasteiger partial charge < -0.3 is 19.5 Å². The van der Waals surface area contributed by atoms with Gasteiger partial charge in [-0.1, -0.05) is 19.1 Å². The minimum absolute atomic E-state index is 0.0233. The number of pyridine rings is 1. The Bertz CT molecular complexity index is 1240. The maximum Gasteiger partial charge on any atom is 0.259 e.